The quantitative estimate of drug-likeness (QED) is 0.541. The van der Waals surface area contributed by atoms with E-state index in [9.17, 15) is 13.9 Å². The van der Waals surface area contributed by atoms with Gasteiger partial charge in [0.25, 0.3) is 0 Å². The van der Waals surface area contributed by atoms with E-state index in [1.54, 1.807) is 23.4 Å². The van der Waals surface area contributed by atoms with Gasteiger partial charge in [-0.2, -0.15) is 4.98 Å². The highest BCUT2D eigenvalue weighted by Gasteiger charge is 2.39. The van der Waals surface area contributed by atoms with Crippen LogP contribution in [0, 0.1) is 0 Å². The molecule has 0 bridgehead atoms. The minimum atomic E-state index is -1.72. The molecule has 2 saturated heterocycles. The number of halogens is 2. The lowest BCUT2D eigenvalue weighted by Gasteiger charge is -2.41. The van der Waals surface area contributed by atoms with Crippen molar-refractivity contribution < 1.29 is 13.9 Å². The maximum Gasteiger partial charge on any atom is 0.227 e. The monoisotopic (exact) mass is 483 g/mol. The lowest BCUT2D eigenvalue weighted by molar-refractivity contribution is -0.00860. The topological polar surface area (TPSA) is 90.3 Å². The second-order valence-electron chi connectivity index (χ2n) is 9.97. The van der Waals surface area contributed by atoms with E-state index in [-0.39, 0.29) is 18.5 Å². The number of nitrogens with one attached hydrogen (secondary N) is 1. The Bertz CT molecular complexity index is 1220. The van der Waals surface area contributed by atoms with Crippen LogP contribution < -0.4 is 15.1 Å². The molecule has 0 aliphatic carbocycles. The molecule has 2 aliphatic rings. The SMILES string of the molecule is CC(C)c1cnc(N2CC[C@H]2CF)c2cnc(Nc3ccnc(N4CC[C@@H](O)[C@@](C)(F)C4)n3)cc12. The summed E-state index contributed by atoms with van der Waals surface area (Å²) in [5, 5.41) is 15.1. The second-order valence-corrected chi connectivity index (χ2v) is 9.97. The van der Waals surface area contributed by atoms with Crippen LogP contribution >= 0.6 is 0 Å². The molecule has 186 valence electrons. The summed E-state index contributed by atoms with van der Waals surface area (Å²) < 4.78 is 28.0. The average molecular weight is 484 g/mol. The number of anilines is 4. The van der Waals surface area contributed by atoms with E-state index < -0.39 is 18.4 Å². The van der Waals surface area contributed by atoms with Gasteiger partial charge in [-0.3, -0.25) is 0 Å². The number of nitrogens with zero attached hydrogens (tertiary/aromatic N) is 6. The van der Waals surface area contributed by atoms with Crippen LogP contribution in [0.2, 0.25) is 0 Å². The Hall–Kier alpha value is -3.14. The first-order chi connectivity index (χ1) is 16.8. The molecule has 3 atom stereocenters. The van der Waals surface area contributed by atoms with Crippen molar-refractivity contribution in [2.45, 2.75) is 57.3 Å². The standard InChI is InChI=1S/C25H31F2N7O/c1-15(2)18-12-30-23(34-9-5-16(34)11-26)19-13-29-22(10-17(18)19)31-21-4-7-28-24(32-21)33-8-6-20(35)25(3,27)14-33/h4,7,10,12-13,15-16,20,35H,5-6,8-9,11,14H2,1-3H3,(H,28,29,31,32)/t16-,20+,25-/m0/s1. The van der Waals surface area contributed by atoms with Crippen molar-refractivity contribution in [1.29, 1.82) is 0 Å². The molecule has 0 amide bonds. The maximum atomic E-state index is 14.7. The third-order valence-corrected chi connectivity index (χ3v) is 7.05. The molecule has 10 heteroatoms. The summed E-state index contributed by atoms with van der Waals surface area (Å²) in [6.45, 7) is 6.52. The normalized spacial score (nSPS) is 24.7. The van der Waals surface area contributed by atoms with E-state index in [1.165, 1.54) is 6.92 Å². The Balaban J connectivity index is 1.44. The predicted octanol–water partition coefficient (Wildman–Crippen LogP) is 4.13. The maximum absolute atomic E-state index is 14.7. The molecule has 35 heavy (non-hydrogen) atoms. The Morgan fingerprint density at radius 1 is 1.14 bits per heavy atom. The summed E-state index contributed by atoms with van der Waals surface area (Å²) in [6.07, 6.45) is 5.42. The third kappa shape index (κ3) is 4.47. The smallest absolute Gasteiger partial charge is 0.227 e. The Morgan fingerprint density at radius 3 is 2.66 bits per heavy atom. The molecule has 0 aromatic carbocycles. The molecule has 5 rings (SSSR count). The number of alkyl halides is 2. The largest absolute Gasteiger partial charge is 0.390 e. The molecule has 0 spiro atoms. The van der Waals surface area contributed by atoms with Gasteiger partial charge in [0.1, 0.15) is 24.1 Å². The van der Waals surface area contributed by atoms with Crippen LogP contribution in [0.25, 0.3) is 10.8 Å². The molecular weight excluding hydrogens is 452 g/mol. The molecule has 3 aromatic rings. The van der Waals surface area contributed by atoms with Gasteiger partial charge in [-0.05, 0) is 48.8 Å². The fourth-order valence-electron chi connectivity index (χ4n) is 4.79. The molecule has 5 heterocycles. The number of hydrogen-bond donors (Lipinski definition) is 2. The van der Waals surface area contributed by atoms with Crippen LogP contribution in [-0.2, 0) is 0 Å². The molecule has 0 radical (unpaired) electrons. The Labute approximate surface area is 203 Å². The number of rotatable bonds is 6. The van der Waals surface area contributed by atoms with E-state index in [4.69, 9.17) is 0 Å². The first kappa shape index (κ1) is 23.6. The van der Waals surface area contributed by atoms with Crippen molar-refractivity contribution in [3.63, 3.8) is 0 Å². The summed E-state index contributed by atoms with van der Waals surface area (Å²) in [6, 6.07) is 3.57. The lowest BCUT2D eigenvalue weighted by atomic mass is 9.94. The highest BCUT2D eigenvalue weighted by atomic mass is 19.1. The predicted molar refractivity (Wildman–Crippen MR) is 133 cm³/mol. The van der Waals surface area contributed by atoms with Crippen LogP contribution in [0.3, 0.4) is 0 Å². The lowest BCUT2D eigenvalue weighted by Crippen LogP contribution is -2.52. The molecule has 0 saturated carbocycles. The molecule has 2 fully saturated rings. The summed E-state index contributed by atoms with van der Waals surface area (Å²) in [4.78, 5) is 21.9. The minimum absolute atomic E-state index is 0.0236. The van der Waals surface area contributed by atoms with E-state index in [2.05, 4.69) is 39.1 Å². The van der Waals surface area contributed by atoms with E-state index in [0.29, 0.717) is 30.5 Å². The Morgan fingerprint density at radius 2 is 1.97 bits per heavy atom. The molecule has 3 aromatic heterocycles. The van der Waals surface area contributed by atoms with Crippen LogP contribution in [0.1, 0.15) is 45.1 Å². The van der Waals surface area contributed by atoms with Crippen molar-refractivity contribution in [1.82, 2.24) is 19.9 Å². The number of fused-ring (bicyclic) bond motifs is 1. The van der Waals surface area contributed by atoms with Crippen molar-refractivity contribution >= 4 is 34.2 Å². The van der Waals surface area contributed by atoms with Gasteiger partial charge in [-0.1, -0.05) is 13.8 Å². The van der Waals surface area contributed by atoms with Crippen molar-refractivity contribution in [2.75, 3.05) is 41.4 Å². The number of pyridine rings is 2. The third-order valence-electron chi connectivity index (χ3n) is 7.05. The Kier molecular flexibility index (Phi) is 6.16. The number of aliphatic hydroxyl groups excluding tert-OH is 1. The zero-order chi connectivity index (χ0) is 24.7. The first-order valence-corrected chi connectivity index (χ1v) is 12.1. The summed E-state index contributed by atoms with van der Waals surface area (Å²) in [5.41, 5.74) is -0.634. The van der Waals surface area contributed by atoms with Gasteiger partial charge >= 0.3 is 0 Å². The van der Waals surface area contributed by atoms with Gasteiger partial charge in [-0.15, -0.1) is 0 Å². The van der Waals surface area contributed by atoms with E-state index in [0.717, 1.165) is 35.1 Å². The van der Waals surface area contributed by atoms with Crippen molar-refractivity contribution in [3.05, 3.63) is 36.3 Å². The van der Waals surface area contributed by atoms with Gasteiger partial charge in [-0.25, -0.2) is 23.7 Å². The van der Waals surface area contributed by atoms with Gasteiger partial charge in [0.15, 0.2) is 5.67 Å². The van der Waals surface area contributed by atoms with Crippen LogP contribution in [-0.4, -0.2) is 69.2 Å². The zero-order valence-electron chi connectivity index (χ0n) is 20.2. The number of aliphatic hydroxyl groups is 1. The summed E-state index contributed by atoms with van der Waals surface area (Å²) >= 11 is 0. The van der Waals surface area contributed by atoms with E-state index in [1.807, 2.05) is 17.2 Å². The second kappa shape index (κ2) is 9.14. The van der Waals surface area contributed by atoms with Gasteiger partial charge in [0.2, 0.25) is 5.95 Å². The molecular formula is C25H31F2N7O. The number of aromatic nitrogens is 4. The van der Waals surface area contributed by atoms with Gasteiger partial charge in [0.05, 0.1) is 18.7 Å². The number of piperidine rings is 1. The summed E-state index contributed by atoms with van der Waals surface area (Å²) in [7, 11) is 0. The fraction of sp³-hybridized carbons (Fsp3) is 0.520. The van der Waals surface area contributed by atoms with Gasteiger partial charge < -0.3 is 20.2 Å². The first-order valence-electron chi connectivity index (χ1n) is 12.1. The van der Waals surface area contributed by atoms with Crippen molar-refractivity contribution in [3.8, 4) is 0 Å². The number of hydrogen-bond acceptors (Lipinski definition) is 8. The average Bonchev–Trinajstić information content (AvgIpc) is 2.80. The van der Waals surface area contributed by atoms with Gasteiger partial charge in [0, 0.05) is 37.1 Å². The minimum Gasteiger partial charge on any atom is -0.390 e. The van der Waals surface area contributed by atoms with Crippen molar-refractivity contribution in [2.24, 2.45) is 0 Å². The zero-order valence-corrected chi connectivity index (χ0v) is 20.2. The van der Waals surface area contributed by atoms with Crippen LogP contribution in [0.15, 0.2) is 30.7 Å². The van der Waals surface area contributed by atoms with Crippen LogP contribution in [0.4, 0.5) is 32.2 Å². The summed E-state index contributed by atoms with van der Waals surface area (Å²) in [5.74, 6) is 2.56. The molecule has 0 unspecified atom stereocenters. The van der Waals surface area contributed by atoms with Crippen LogP contribution in [0.5, 0.6) is 0 Å². The fourth-order valence-corrected chi connectivity index (χ4v) is 4.79. The highest BCUT2D eigenvalue weighted by Crippen LogP contribution is 2.36. The highest BCUT2D eigenvalue weighted by molar-refractivity contribution is 5.96. The molecule has 2 aliphatic heterocycles. The van der Waals surface area contributed by atoms with E-state index >= 15 is 0 Å². The molecule has 8 nitrogen and oxygen atoms in total. The molecule has 2 N–H and O–H groups in total.